The Morgan fingerprint density at radius 1 is 1.38 bits per heavy atom. The van der Waals surface area contributed by atoms with Crippen molar-refractivity contribution >= 4 is 28.6 Å². The fraction of sp³-hybridized carbons (Fsp3) is 0.474. The van der Waals surface area contributed by atoms with E-state index in [0.29, 0.717) is 11.0 Å². The van der Waals surface area contributed by atoms with Crippen LogP contribution in [0.25, 0.3) is 10.9 Å². The molecule has 1 saturated carbocycles. The molecular weight excluding hydrogens is 320 g/mol. The molecule has 5 heteroatoms. The molecule has 0 aliphatic heterocycles. The Morgan fingerprint density at radius 3 is 2.83 bits per heavy atom. The number of benzene rings is 1. The van der Waals surface area contributed by atoms with Gasteiger partial charge >= 0.3 is 0 Å². The van der Waals surface area contributed by atoms with Gasteiger partial charge in [-0.3, -0.25) is 9.78 Å². The zero-order valence-electron chi connectivity index (χ0n) is 14.1. The van der Waals surface area contributed by atoms with Crippen molar-refractivity contribution in [2.75, 3.05) is 5.75 Å². The van der Waals surface area contributed by atoms with Crippen LogP contribution in [0.2, 0.25) is 0 Å². The summed E-state index contributed by atoms with van der Waals surface area (Å²) in [6.07, 6.45) is 3.07. The van der Waals surface area contributed by atoms with Crippen LogP contribution in [0.15, 0.2) is 36.5 Å². The molecule has 1 aliphatic carbocycles. The normalized spacial score (nSPS) is 21.5. The van der Waals surface area contributed by atoms with Crippen molar-refractivity contribution in [3.05, 3.63) is 42.1 Å². The van der Waals surface area contributed by atoms with Gasteiger partial charge < -0.3 is 10.4 Å². The molecule has 128 valence electrons. The Balaban J connectivity index is 1.79. The topological polar surface area (TPSA) is 62.2 Å². The van der Waals surface area contributed by atoms with Crippen LogP contribution in [0, 0.1) is 5.92 Å². The first-order chi connectivity index (χ1) is 11.5. The van der Waals surface area contributed by atoms with Gasteiger partial charge in [0.2, 0.25) is 5.91 Å². The summed E-state index contributed by atoms with van der Waals surface area (Å²) in [7, 11) is 0. The maximum atomic E-state index is 12.3. The van der Waals surface area contributed by atoms with Gasteiger partial charge in [0.15, 0.2) is 0 Å². The number of nitrogens with zero attached hydrogens (tertiary/aromatic N) is 1. The van der Waals surface area contributed by atoms with Crippen LogP contribution >= 0.6 is 11.8 Å². The zero-order chi connectivity index (χ0) is 17.1. The van der Waals surface area contributed by atoms with Gasteiger partial charge in [0.05, 0.1) is 23.4 Å². The lowest BCUT2D eigenvalue weighted by atomic mass is 9.75. The molecule has 1 heterocycles. The molecule has 4 nitrogen and oxygen atoms in total. The molecule has 0 unspecified atom stereocenters. The molecule has 0 spiro atoms. The predicted octanol–water partition coefficient (Wildman–Crippen LogP) is 3.30. The van der Waals surface area contributed by atoms with Crippen molar-refractivity contribution in [3.63, 3.8) is 0 Å². The standard InChI is InChI=1S/C19H24N2O2S/c1-12(2)24-11-18(23)21-19(14-8-16(22)9-14)15-7-13-5-3-4-6-17(13)20-10-15/h3-7,10,12,14,16,19,22H,8-9,11H2,1-2H3,(H,21,23)/t14?,16?,19-/m1/s1. The molecule has 1 aromatic carbocycles. The van der Waals surface area contributed by atoms with Crippen molar-refractivity contribution < 1.29 is 9.90 Å². The van der Waals surface area contributed by atoms with E-state index >= 15 is 0 Å². The van der Waals surface area contributed by atoms with Crippen LogP contribution in [0.4, 0.5) is 0 Å². The fourth-order valence-electron chi connectivity index (χ4n) is 3.09. The molecule has 2 N–H and O–H groups in total. The monoisotopic (exact) mass is 344 g/mol. The van der Waals surface area contributed by atoms with E-state index in [1.807, 2.05) is 30.5 Å². The number of hydrogen-bond donors (Lipinski definition) is 2. The molecule has 24 heavy (non-hydrogen) atoms. The van der Waals surface area contributed by atoms with Gasteiger partial charge in [0, 0.05) is 11.6 Å². The predicted molar refractivity (Wildman–Crippen MR) is 99.0 cm³/mol. The third kappa shape index (κ3) is 4.08. The smallest absolute Gasteiger partial charge is 0.230 e. The molecule has 1 fully saturated rings. The number of amides is 1. The minimum atomic E-state index is -0.243. The lowest BCUT2D eigenvalue weighted by molar-refractivity contribution is -0.120. The van der Waals surface area contributed by atoms with E-state index in [1.54, 1.807) is 11.8 Å². The maximum absolute atomic E-state index is 12.3. The maximum Gasteiger partial charge on any atom is 0.230 e. The average molecular weight is 344 g/mol. The number of aliphatic hydroxyl groups excluding tert-OH is 1. The van der Waals surface area contributed by atoms with E-state index in [2.05, 4.69) is 30.2 Å². The highest BCUT2D eigenvalue weighted by Crippen LogP contribution is 2.38. The lowest BCUT2D eigenvalue weighted by Crippen LogP contribution is -2.42. The van der Waals surface area contributed by atoms with Crippen LogP contribution in [0.1, 0.15) is 38.3 Å². The molecule has 0 saturated heterocycles. The van der Waals surface area contributed by atoms with Gasteiger partial charge in [0.25, 0.3) is 0 Å². The average Bonchev–Trinajstić information content (AvgIpc) is 2.55. The minimum absolute atomic E-state index is 0.0493. The van der Waals surface area contributed by atoms with Gasteiger partial charge in [-0.15, -0.1) is 11.8 Å². The first kappa shape index (κ1) is 17.2. The van der Waals surface area contributed by atoms with E-state index in [4.69, 9.17) is 0 Å². The molecular formula is C19H24N2O2S. The lowest BCUT2D eigenvalue weighted by Gasteiger charge is -2.38. The van der Waals surface area contributed by atoms with Crippen molar-refractivity contribution in [2.45, 2.75) is 44.1 Å². The number of carbonyl (C=O) groups excluding carboxylic acids is 1. The molecule has 1 atom stereocenters. The Morgan fingerprint density at radius 2 is 2.12 bits per heavy atom. The number of fused-ring (bicyclic) bond motifs is 1. The summed E-state index contributed by atoms with van der Waals surface area (Å²) in [5.41, 5.74) is 1.98. The summed E-state index contributed by atoms with van der Waals surface area (Å²) < 4.78 is 0. The highest BCUT2D eigenvalue weighted by Gasteiger charge is 2.35. The number of nitrogens with one attached hydrogen (secondary N) is 1. The van der Waals surface area contributed by atoms with Gasteiger partial charge in [-0.1, -0.05) is 32.0 Å². The van der Waals surface area contributed by atoms with E-state index in [-0.39, 0.29) is 24.0 Å². The summed E-state index contributed by atoms with van der Waals surface area (Å²) in [5.74, 6) is 0.786. The summed E-state index contributed by atoms with van der Waals surface area (Å²) in [4.78, 5) is 16.8. The van der Waals surface area contributed by atoms with E-state index < -0.39 is 0 Å². The molecule has 0 radical (unpaired) electrons. The van der Waals surface area contributed by atoms with Crippen LogP contribution in [0.3, 0.4) is 0 Å². The zero-order valence-corrected chi connectivity index (χ0v) is 14.9. The first-order valence-corrected chi connectivity index (χ1v) is 9.51. The second kappa shape index (κ2) is 7.53. The summed E-state index contributed by atoms with van der Waals surface area (Å²) in [5, 5.41) is 14.3. The number of aliphatic hydroxyl groups is 1. The quantitative estimate of drug-likeness (QED) is 0.844. The van der Waals surface area contributed by atoms with Gasteiger partial charge in [-0.05, 0) is 41.7 Å². The van der Waals surface area contributed by atoms with Crippen LogP contribution < -0.4 is 5.32 Å². The molecule has 0 bridgehead atoms. The first-order valence-electron chi connectivity index (χ1n) is 8.46. The highest BCUT2D eigenvalue weighted by molar-refractivity contribution is 8.00. The number of hydrogen-bond acceptors (Lipinski definition) is 4. The number of carbonyl (C=O) groups is 1. The van der Waals surface area contributed by atoms with Crippen molar-refractivity contribution in [3.8, 4) is 0 Å². The number of rotatable bonds is 6. The van der Waals surface area contributed by atoms with Crippen LogP contribution in [-0.2, 0) is 4.79 Å². The Labute approximate surface area is 147 Å². The van der Waals surface area contributed by atoms with Gasteiger partial charge in [0.1, 0.15) is 0 Å². The SMILES string of the molecule is CC(C)SCC(=O)N[C@@H](c1cnc2ccccc2c1)C1CC(O)C1. The minimum Gasteiger partial charge on any atom is -0.393 e. The van der Waals surface area contributed by atoms with Crippen LogP contribution in [0.5, 0.6) is 0 Å². The number of pyridine rings is 1. The molecule has 1 aromatic heterocycles. The van der Waals surface area contributed by atoms with Crippen LogP contribution in [-0.4, -0.2) is 33.1 Å². The largest absolute Gasteiger partial charge is 0.393 e. The molecule has 1 amide bonds. The molecule has 2 aromatic rings. The van der Waals surface area contributed by atoms with Crippen molar-refractivity contribution in [2.24, 2.45) is 5.92 Å². The van der Waals surface area contributed by atoms with E-state index in [1.165, 1.54) is 0 Å². The Hall–Kier alpha value is -1.59. The van der Waals surface area contributed by atoms with Crippen molar-refractivity contribution in [1.82, 2.24) is 10.3 Å². The Kier molecular flexibility index (Phi) is 5.41. The van der Waals surface area contributed by atoms with Gasteiger partial charge in [-0.2, -0.15) is 0 Å². The second-order valence-electron chi connectivity index (χ2n) is 6.75. The van der Waals surface area contributed by atoms with Crippen molar-refractivity contribution in [1.29, 1.82) is 0 Å². The van der Waals surface area contributed by atoms with E-state index in [9.17, 15) is 9.90 Å². The highest BCUT2D eigenvalue weighted by atomic mass is 32.2. The number of thioether (sulfide) groups is 1. The molecule has 3 rings (SSSR count). The summed E-state index contributed by atoms with van der Waals surface area (Å²) in [6, 6.07) is 10.0. The number of para-hydroxylation sites is 1. The summed E-state index contributed by atoms with van der Waals surface area (Å²) >= 11 is 1.64. The second-order valence-corrected chi connectivity index (χ2v) is 8.32. The van der Waals surface area contributed by atoms with E-state index in [0.717, 1.165) is 29.3 Å². The third-order valence-electron chi connectivity index (χ3n) is 4.46. The Bertz CT molecular complexity index is 713. The van der Waals surface area contributed by atoms with Gasteiger partial charge in [-0.25, -0.2) is 0 Å². The third-order valence-corrected chi connectivity index (χ3v) is 5.55. The number of aromatic nitrogens is 1. The summed E-state index contributed by atoms with van der Waals surface area (Å²) in [6.45, 7) is 4.18. The molecule has 1 aliphatic rings. The fourth-order valence-corrected chi connectivity index (χ4v) is 3.66.